The van der Waals surface area contributed by atoms with Gasteiger partial charge >= 0.3 is 12.0 Å². The van der Waals surface area contributed by atoms with Crippen molar-refractivity contribution < 1.29 is 19.5 Å². The van der Waals surface area contributed by atoms with E-state index in [1.165, 1.54) is 4.90 Å². The van der Waals surface area contributed by atoms with Crippen molar-refractivity contribution in [3.05, 3.63) is 0 Å². The Kier molecular flexibility index (Phi) is 4.15. The van der Waals surface area contributed by atoms with Gasteiger partial charge in [0.05, 0.1) is 0 Å². The van der Waals surface area contributed by atoms with Crippen molar-refractivity contribution in [2.75, 3.05) is 6.54 Å². The zero-order valence-electron chi connectivity index (χ0n) is 10.6. The molecule has 0 saturated carbocycles. The SMILES string of the molecule is CC(C)(CC(N)=O)NC(=O)N1CCC[C@@H]1C(=O)O. The number of carboxylic acids is 1. The van der Waals surface area contributed by atoms with Crippen molar-refractivity contribution in [2.45, 2.75) is 44.7 Å². The normalized spacial score (nSPS) is 19.7. The molecule has 1 atom stereocenters. The highest BCUT2D eigenvalue weighted by atomic mass is 16.4. The molecule has 0 bridgehead atoms. The first-order chi connectivity index (χ1) is 8.23. The highest BCUT2D eigenvalue weighted by molar-refractivity contribution is 5.84. The topological polar surface area (TPSA) is 113 Å². The molecule has 0 aromatic heterocycles. The summed E-state index contributed by atoms with van der Waals surface area (Å²) in [5.41, 5.74) is 4.30. The third-order valence-corrected chi connectivity index (χ3v) is 2.86. The molecule has 1 fully saturated rings. The third kappa shape index (κ3) is 3.61. The molecule has 0 spiro atoms. The fraction of sp³-hybridized carbons (Fsp3) is 0.727. The van der Waals surface area contributed by atoms with E-state index >= 15 is 0 Å². The molecule has 0 radical (unpaired) electrons. The van der Waals surface area contributed by atoms with Crippen LogP contribution in [-0.2, 0) is 9.59 Å². The summed E-state index contributed by atoms with van der Waals surface area (Å²) in [6.45, 7) is 3.75. The van der Waals surface area contributed by atoms with Crippen molar-refractivity contribution in [3.63, 3.8) is 0 Å². The van der Waals surface area contributed by atoms with E-state index in [0.29, 0.717) is 19.4 Å². The average Bonchev–Trinajstić information content (AvgIpc) is 2.61. The third-order valence-electron chi connectivity index (χ3n) is 2.86. The smallest absolute Gasteiger partial charge is 0.326 e. The Balaban J connectivity index is 2.65. The average molecular weight is 257 g/mol. The number of aliphatic carboxylic acids is 1. The number of likely N-dealkylation sites (tertiary alicyclic amines) is 1. The van der Waals surface area contributed by atoms with Crippen LogP contribution in [0, 0.1) is 0 Å². The van der Waals surface area contributed by atoms with Gasteiger partial charge in [-0.1, -0.05) is 0 Å². The van der Waals surface area contributed by atoms with Crippen molar-refractivity contribution in [2.24, 2.45) is 5.73 Å². The molecule has 1 saturated heterocycles. The van der Waals surface area contributed by atoms with Crippen LogP contribution in [0.2, 0.25) is 0 Å². The number of nitrogens with two attached hydrogens (primary N) is 1. The summed E-state index contributed by atoms with van der Waals surface area (Å²) in [6.07, 6.45) is 1.13. The maximum absolute atomic E-state index is 12.0. The van der Waals surface area contributed by atoms with E-state index in [0.717, 1.165) is 0 Å². The molecule has 1 aliphatic rings. The Labute approximate surface area is 105 Å². The number of amides is 3. The van der Waals surface area contributed by atoms with E-state index in [2.05, 4.69) is 5.32 Å². The lowest BCUT2D eigenvalue weighted by molar-refractivity contribution is -0.141. The number of nitrogens with zero attached hydrogens (tertiary/aromatic N) is 1. The second-order valence-corrected chi connectivity index (χ2v) is 5.15. The summed E-state index contributed by atoms with van der Waals surface area (Å²) < 4.78 is 0. The quantitative estimate of drug-likeness (QED) is 0.652. The minimum atomic E-state index is -1.00. The van der Waals surface area contributed by atoms with Crippen LogP contribution in [-0.4, -0.2) is 46.0 Å². The van der Waals surface area contributed by atoms with Gasteiger partial charge in [-0.05, 0) is 26.7 Å². The number of primary amides is 1. The van der Waals surface area contributed by atoms with Crippen LogP contribution in [0.3, 0.4) is 0 Å². The van der Waals surface area contributed by atoms with Crippen LogP contribution >= 0.6 is 0 Å². The van der Waals surface area contributed by atoms with Gasteiger partial charge in [-0.2, -0.15) is 0 Å². The molecule has 0 aliphatic carbocycles. The molecule has 0 aromatic carbocycles. The summed E-state index contributed by atoms with van der Waals surface area (Å²) >= 11 is 0. The van der Waals surface area contributed by atoms with Crippen molar-refractivity contribution in [1.82, 2.24) is 10.2 Å². The number of hydrogen-bond donors (Lipinski definition) is 3. The molecule has 18 heavy (non-hydrogen) atoms. The molecule has 7 nitrogen and oxygen atoms in total. The lowest BCUT2D eigenvalue weighted by Gasteiger charge is -2.29. The molecule has 1 rings (SSSR count). The predicted molar refractivity (Wildman–Crippen MR) is 63.8 cm³/mol. The Morgan fingerprint density at radius 3 is 2.56 bits per heavy atom. The molecule has 0 aromatic rings. The van der Waals surface area contributed by atoms with Crippen LogP contribution < -0.4 is 11.1 Å². The minimum Gasteiger partial charge on any atom is -0.480 e. The Hall–Kier alpha value is -1.79. The fourth-order valence-corrected chi connectivity index (χ4v) is 2.11. The second kappa shape index (κ2) is 5.24. The van der Waals surface area contributed by atoms with E-state index in [1.54, 1.807) is 13.8 Å². The Bertz CT molecular complexity index is 367. The molecule has 1 aliphatic heterocycles. The summed E-state index contributed by atoms with van der Waals surface area (Å²) in [5, 5.41) is 11.6. The number of carbonyl (C=O) groups excluding carboxylic acids is 2. The van der Waals surface area contributed by atoms with Crippen LogP contribution in [0.1, 0.15) is 33.1 Å². The number of hydrogen-bond acceptors (Lipinski definition) is 3. The molecule has 0 unspecified atom stereocenters. The highest BCUT2D eigenvalue weighted by Gasteiger charge is 2.36. The van der Waals surface area contributed by atoms with Gasteiger partial charge in [0.15, 0.2) is 0 Å². The highest BCUT2D eigenvalue weighted by Crippen LogP contribution is 2.18. The van der Waals surface area contributed by atoms with E-state index in [4.69, 9.17) is 10.8 Å². The van der Waals surface area contributed by atoms with Gasteiger partial charge in [0.25, 0.3) is 0 Å². The van der Waals surface area contributed by atoms with Crippen molar-refractivity contribution in [3.8, 4) is 0 Å². The molecule has 7 heteroatoms. The van der Waals surface area contributed by atoms with Gasteiger partial charge in [-0.15, -0.1) is 0 Å². The molecule has 1 heterocycles. The minimum absolute atomic E-state index is 0.00428. The lowest BCUT2D eigenvalue weighted by atomic mass is 10.0. The molecular weight excluding hydrogens is 238 g/mol. The van der Waals surface area contributed by atoms with Crippen LogP contribution in [0.4, 0.5) is 4.79 Å². The number of urea groups is 1. The maximum atomic E-state index is 12.0. The first-order valence-corrected chi connectivity index (χ1v) is 5.83. The van der Waals surface area contributed by atoms with Crippen LogP contribution in [0.15, 0.2) is 0 Å². The standard InChI is InChI=1S/C11H19N3O4/c1-11(2,6-8(12)15)13-10(18)14-5-3-4-7(14)9(16)17/h7H,3-6H2,1-2H3,(H2,12,15)(H,13,18)(H,16,17)/t7-/m1/s1. The largest absolute Gasteiger partial charge is 0.480 e. The zero-order chi connectivity index (χ0) is 13.9. The van der Waals surface area contributed by atoms with E-state index in [-0.39, 0.29) is 6.42 Å². The fourth-order valence-electron chi connectivity index (χ4n) is 2.11. The van der Waals surface area contributed by atoms with Crippen LogP contribution in [0.5, 0.6) is 0 Å². The van der Waals surface area contributed by atoms with Gasteiger partial charge in [-0.25, -0.2) is 9.59 Å². The van der Waals surface area contributed by atoms with E-state index in [1.807, 2.05) is 0 Å². The van der Waals surface area contributed by atoms with Crippen molar-refractivity contribution in [1.29, 1.82) is 0 Å². The number of carboxylic acid groups (broad SMARTS) is 1. The number of rotatable bonds is 4. The van der Waals surface area contributed by atoms with Crippen molar-refractivity contribution >= 4 is 17.9 Å². The zero-order valence-corrected chi connectivity index (χ0v) is 10.6. The Morgan fingerprint density at radius 1 is 1.44 bits per heavy atom. The molecule has 3 amide bonds. The molecular formula is C11H19N3O4. The first-order valence-electron chi connectivity index (χ1n) is 5.83. The van der Waals surface area contributed by atoms with Gasteiger partial charge in [-0.3, -0.25) is 4.79 Å². The first kappa shape index (κ1) is 14.3. The second-order valence-electron chi connectivity index (χ2n) is 5.15. The summed E-state index contributed by atoms with van der Waals surface area (Å²) in [5.74, 6) is -1.52. The van der Waals surface area contributed by atoms with E-state index < -0.39 is 29.5 Å². The van der Waals surface area contributed by atoms with Crippen LogP contribution in [0.25, 0.3) is 0 Å². The van der Waals surface area contributed by atoms with Gasteiger partial charge in [0.2, 0.25) is 5.91 Å². The maximum Gasteiger partial charge on any atom is 0.326 e. The van der Waals surface area contributed by atoms with Gasteiger partial charge in [0, 0.05) is 18.5 Å². The van der Waals surface area contributed by atoms with E-state index in [9.17, 15) is 14.4 Å². The predicted octanol–water partition coefficient (Wildman–Crippen LogP) is -0.101. The summed E-state index contributed by atoms with van der Waals surface area (Å²) in [7, 11) is 0. The van der Waals surface area contributed by atoms with Gasteiger partial charge in [0.1, 0.15) is 6.04 Å². The monoisotopic (exact) mass is 257 g/mol. The molecule has 4 N–H and O–H groups in total. The summed E-state index contributed by atoms with van der Waals surface area (Å²) in [4.78, 5) is 35.1. The lowest BCUT2D eigenvalue weighted by Crippen LogP contribution is -2.53. The number of nitrogens with one attached hydrogen (secondary N) is 1. The summed E-state index contributed by atoms with van der Waals surface area (Å²) in [6, 6.07) is -1.25. The van der Waals surface area contributed by atoms with Gasteiger partial charge < -0.3 is 21.1 Å². The Morgan fingerprint density at radius 2 is 2.06 bits per heavy atom. The molecule has 102 valence electrons. The number of carbonyl (C=O) groups is 3.